The number of carbonyl (C=O) groups is 2. The Morgan fingerprint density at radius 2 is 2.00 bits per heavy atom. The van der Waals surface area contributed by atoms with E-state index in [1.54, 1.807) is 17.1 Å². The molecule has 0 radical (unpaired) electrons. The molecule has 0 aliphatic carbocycles. The van der Waals surface area contributed by atoms with Crippen LogP contribution in [0.2, 0.25) is 5.02 Å². The van der Waals surface area contributed by atoms with Gasteiger partial charge in [-0.3, -0.25) is 14.3 Å². The number of halogens is 2. The van der Waals surface area contributed by atoms with Gasteiger partial charge in [-0.05, 0) is 25.1 Å². The Morgan fingerprint density at radius 1 is 1.21 bits per heavy atom. The molecule has 152 valence electrons. The third-order valence-electron chi connectivity index (χ3n) is 3.90. The first-order valence-electron chi connectivity index (χ1n) is 8.63. The van der Waals surface area contributed by atoms with Gasteiger partial charge in [0.2, 0.25) is 0 Å². The molecule has 2 amide bonds. The summed E-state index contributed by atoms with van der Waals surface area (Å²) >= 11 is 5.71. The normalized spacial score (nSPS) is 10.6. The first kappa shape index (κ1) is 20.3. The van der Waals surface area contributed by atoms with Crippen molar-refractivity contribution in [3.63, 3.8) is 0 Å². The molecule has 0 fully saturated rings. The smallest absolute Gasteiger partial charge is 0.276 e. The minimum atomic E-state index is -0.542. The molecule has 2 N–H and O–H groups in total. The first-order valence-corrected chi connectivity index (χ1v) is 9.01. The predicted molar refractivity (Wildman–Crippen MR) is 104 cm³/mol. The van der Waals surface area contributed by atoms with Crippen molar-refractivity contribution in [2.75, 3.05) is 12.4 Å². The van der Waals surface area contributed by atoms with Crippen molar-refractivity contribution in [2.45, 2.75) is 20.2 Å². The predicted octanol–water partition coefficient (Wildman–Crippen LogP) is 2.54. The number of aromatic nitrogens is 4. The van der Waals surface area contributed by atoms with E-state index >= 15 is 0 Å². The molecule has 0 atom stereocenters. The number of nitrogens with one attached hydrogen (secondary N) is 2. The van der Waals surface area contributed by atoms with Crippen LogP contribution in [0.25, 0.3) is 0 Å². The minimum absolute atomic E-state index is 0.00744. The third kappa shape index (κ3) is 4.72. The number of ether oxygens (including phenoxy) is 1. The fourth-order valence-electron chi connectivity index (χ4n) is 2.41. The van der Waals surface area contributed by atoms with Crippen molar-refractivity contribution in [2.24, 2.45) is 0 Å². The number of anilines is 1. The number of hydrogen-bond donors (Lipinski definition) is 2. The molecule has 0 saturated heterocycles. The van der Waals surface area contributed by atoms with Gasteiger partial charge in [-0.2, -0.15) is 10.2 Å². The van der Waals surface area contributed by atoms with Gasteiger partial charge in [-0.15, -0.1) is 0 Å². The maximum Gasteiger partial charge on any atom is 0.276 e. The second kappa shape index (κ2) is 8.74. The largest absolute Gasteiger partial charge is 0.471 e. The van der Waals surface area contributed by atoms with Crippen molar-refractivity contribution >= 4 is 29.1 Å². The summed E-state index contributed by atoms with van der Waals surface area (Å²) in [4.78, 5) is 24.4. The second-order valence-electron chi connectivity index (χ2n) is 5.87. The number of hydrogen-bond acceptors (Lipinski definition) is 5. The molecule has 11 heteroatoms. The van der Waals surface area contributed by atoms with E-state index in [0.29, 0.717) is 12.3 Å². The van der Waals surface area contributed by atoms with Crippen LogP contribution in [0.3, 0.4) is 0 Å². The second-order valence-corrected chi connectivity index (χ2v) is 6.28. The van der Waals surface area contributed by atoms with Crippen molar-refractivity contribution in [1.82, 2.24) is 24.9 Å². The Hall–Kier alpha value is -3.40. The first-order chi connectivity index (χ1) is 13.9. The summed E-state index contributed by atoms with van der Waals surface area (Å²) in [5.74, 6) is -1.10. The summed E-state index contributed by atoms with van der Waals surface area (Å²) in [5, 5.41) is 13.3. The quantitative estimate of drug-likeness (QED) is 0.611. The van der Waals surface area contributed by atoms with Crippen molar-refractivity contribution in [3.8, 4) is 5.75 Å². The molecule has 29 heavy (non-hydrogen) atoms. The third-order valence-corrected chi connectivity index (χ3v) is 4.19. The van der Waals surface area contributed by atoms with Gasteiger partial charge in [0.25, 0.3) is 11.8 Å². The van der Waals surface area contributed by atoms with Crippen molar-refractivity contribution in [3.05, 3.63) is 58.9 Å². The molecular formula is C18H18ClFN6O3. The van der Waals surface area contributed by atoms with Gasteiger partial charge < -0.3 is 15.4 Å². The molecule has 2 aromatic heterocycles. The molecule has 0 bridgehead atoms. The van der Waals surface area contributed by atoms with E-state index in [0.717, 1.165) is 0 Å². The van der Waals surface area contributed by atoms with Gasteiger partial charge in [0.15, 0.2) is 18.1 Å². The number of nitrogens with zero attached hydrogens (tertiary/aromatic N) is 4. The maximum absolute atomic E-state index is 13.2. The summed E-state index contributed by atoms with van der Waals surface area (Å²) in [6.45, 7) is 2.40. The number of amides is 2. The molecule has 3 aromatic rings. The van der Waals surface area contributed by atoms with Gasteiger partial charge in [-0.1, -0.05) is 11.6 Å². The molecule has 3 rings (SSSR count). The maximum atomic E-state index is 13.2. The van der Waals surface area contributed by atoms with E-state index in [1.807, 2.05) is 6.92 Å². The Kier molecular flexibility index (Phi) is 6.13. The average Bonchev–Trinajstić information content (AvgIpc) is 3.35. The lowest BCUT2D eigenvalue weighted by molar-refractivity contribution is 0.0958. The molecule has 2 heterocycles. The summed E-state index contributed by atoms with van der Waals surface area (Å²) in [6, 6.07) is 5.48. The Bertz CT molecular complexity index is 1050. The van der Waals surface area contributed by atoms with Crippen LogP contribution in [0, 0.1) is 5.82 Å². The average molecular weight is 421 g/mol. The molecule has 9 nitrogen and oxygen atoms in total. The van der Waals surface area contributed by atoms with Crippen LogP contribution in [-0.2, 0) is 13.3 Å². The van der Waals surface area contributed by atoms with E-state index in [2.05, 4.69) is 20.8 Å². The fraction of sp³-hybridized carbons (Fsp3) is 0.222. The van der Waals surface area contributed by atoms with Crippen LogP contribution in [0.5, 0.6) is 5.75 Å². The number of carbonyl (C=O) groups excluding carboxylic acids is 2. The summed E-state index contributed by atoms with van der Waals surface area (Å²) < 4.78 is 21.6. The fourth-order valence-corrected chi connectivity index (χ4v) is 2.58. The zero-order chi connectivity index (χ0) is 21.0. The van der Waals surface area contributed by atoms with E-state index < -0.39 is 17.6 Å². The molecule has 0 unspecified atom stereocenters. The lowest BCUT2D eigenvalue weighted by Gasteiger charge is -2.07. The number of benzene rings is 1. The lowest BCUT2D eigenvalue weighted by Crippen LogP contribution is -2.22. The summed E-state index contributed by atoms with van der Waals surface area (Å²) in [7, 11) is 1.48. The number of rotatable bonds is 7. The zero-order valence-corrected chi connectivity index (χ0v) is 16.4. The zero-order valence-electron chi connectivity index (χ0n) is 15.6. The highest BCUT2D eigenvalue weighted by atomic mass is 35.5. The Morgan fingerprint density at radius 3 is 2.69 bits per heavy atom. The molecule has 0 saturated carbocycles. The van der Waals surface area contributed by atoms with Crippen LogP contribution in [0.15, 0.2) is 36.7 Å². The van der Waals surface area contributed by atoms with E-state index in [9.17, 15) is 14.0 Å². The van der Waals surface area contributed by atoms with Crippen LogP contribution < -0.4 is 15.4 Å². The highest BCUT2D eigenvalue weighted by molar-refractivity contribution is 6.30. The number of aryl methyl sites for hydroxylation is 1. The lowest BCUT2D eigenvalue weighted by atomic mass is 10.3. The van der Waals surface area contributed by atoms with Crippen LogP contribution in [-0.4, -0.2) is 38.4 Å². The Balaban J connectivity index is 1.67. The van der Waals surface area contributed by atoms with Gasteiger partial charge in [0, 0.05) is 32.1 Å². The molecule has 0 spiro atoms. The van der Waals surface area contributed by atoms with Crippen LogP contribution in [0.1, 0.15) is 27.9 Å². The van der Waals surface area contributed by atoms with Gasteiger partial charge in [0.05, 0.1) is 10.7 Å². The molecule has 1 aromatic carbocycles. The van der Waals surface area contributed by atoms with E-state index in [-0.39, 0.29) is 28.8 Å². The van der Waals surface area contributed by atoms with Gasteiger partial charge in [-0.25, -0.2) is 9.07 Å². The van der Waals surface area contributed by atoms with Crippen molar-refractivity contribution in [1.29, 1.82) is 0 Å². The summed E-state index contributed by atoms with van der Waals surface area (Å²) in [5.41, 5.74) is 0.513. The topological polar surface area (TPSA) is 103 Å². The van der Waals surface area contributed by atoms with E-state index in [1.165, 1.54) is 36.0 Å². The molecular weight excluding hydrogens is 403 g/mol. The van der Waals surface area contributed by atoms with Crippen LogP contribution in [0.4, 0.5) is 10.1 Å². The summed E-state index contributed by atoms with van der Waals surface area (Å²) in [6.07, 6.45) is 3.12. The highest BCUT2D eigenvalue weighted by Crippen LogP contribution is 2.21. The van der Waals surface area contributed by atoms with Crippen LogP contribution >= 0.6 is 11.6 Å². The SMILES string of the molecule is CCn1cc(NC(=O)c2ccn(COc3ccc(F)c(Cl)c3)n2)c(C(=O)NC)n1. The Labute approximate surface area is 170 Å². The highest BCUT2D eigenvalue weighted by Gasteiger charge is 2.19. The standard InChI is InChI=1S/C18H18ClFN6O3/c1-3-25-9-15(16(24-25)18(28)21-2)22-17(27)14-6-7-26(23-14)10-29-11-4-5-13(20)12(19)8-11/h4-9H,3,10H2,1-2H3,(H,21,28)(H,22,27). The van der Waals surface area contributed by atoms with E-state index in [4.69, 9.17) is 16.3 Å². The van der Waals surface area contributed by atoms with Crippen molar-refractivity contribution < 1.29 is 18.7 Å². The minimum Gasteiger partial charge on any atom is -0.471 e. The molecule has 0 aliphatic rings. The molecule has 0 aliphatic heterocycles. The van der Waals surface area contributed by atoms with Gasteiger partial charge in [0.1, 0.15) is 11.6 Å². The monoisotopic (exact) mass is 420 g/mol. The van der Waals surface area contributed by atoms with Gasteiger partial charge >= 0.3 is 0 Å².